The summed E-state index contributed by atoms with van der Waals surface area (Å²) in [5.41, 5.74) is 2.01. The smallest absolute Gasteiger partial charge is 0.463 e. The van der Waals surface area contributed by atoms with Gasteiger partial charge in [0.2, 0.25) is 0 Å². The molecule has 3 unspecified atom stereocenters. The maximum atomic E-state index is 15.3. The Morgan fingerprint density at radius 1 is 0.923 bits per heavy atom. The summed E-state index contributed by atoms with van der Waals surface area (Å²) in [5, 5.41) is 8.24. The van der Waals surface area contributed by atoms with Gasteiger partial charge < -0.3 is 9.47 Å². The number of nitrogens with zero attached hydrogens (tertiary/aromatic N) is 6. The van der Waals surface area contributed by atoms with Crippen LogP contribution in [0.15, 0.2) is 55.2 Å². The van der Waals surface area contributed by atoms with Gasteiger partial charge >= 0.3 is 19.8 Å². The lowest BCUT2D eigenvalue weighted by Gasteiger charge is -2.58. The van der Waals surface area contributed by atoms with E-state index in [1.165, 1.54) is 91.3 Å². The highest BCUT2D eigenvalue weighted by molar-refractivity contribution is 7.48. The molecule has 2 heterocycles. The Morgan fingerprint density at radius 3 is 2.43 bits per heavy atom. The van der Waals surface area contributed by atoms with E-state index in [2.05, 4.69) is 60.9 Å². The summed E-state index contributed by atoms with van der Waals surface area (Å²) < 4.78 is 74.2. The molecule has 0 amide bonds. The molecule has 3 aromatic rings. The first kappa shape index (κ1) is 49.1. The van der Waals surface area contributed by atoms with Gasteiger partial charge in [-0.1, -0.05) is 71.6 Å². The second-order valence-electron chi connectivity index (χ2n) is 19.8. The first-order valence-corrected chi connectivity index (χ1v) is 25.3. The molecule has 4 aliphatic carbocycles. The molecule has 3 fully saturated rings. The van der Waals surface area contributed by atoms with E-state index in [4.69, 9.17) is 23.0 Å². The average Bonchev–Trinajstić information content (AvgIpc) is 4.06. The van der Waals surface area contributed by atoms with Crippen LogP contribution < -0.4 is 0 Å². The van der Waals surface area contributed by atoms with Crippen molar-refractivity contribution in [2.24, 2.45) is 46.3 Å². The molecule has 358 valence electrons. The molecule has 0 aliphatic heterocycles. The lowest BCUT2D eigenvalue weighted by Crippen LogP contribution is -2.51. The van der Waals surface area contributed by atoms with Crippen LogP contribution in [0.2, 0.25) is 0 Å². The molecular formula is C48H69F2N6O8P. The van der Waals surface area contributed by atoms with Crippen molar-refractivity contribution in [1.82, 2.24) is 29.5 Å². The molecular weight excluding hydrogens is 858 g/mol. The van der Waals surface area contributed by atoms with Crippen molar-refractivity contribution in [3.05, 3.63) is 72.4 Å². The minimum Gasteiger partial charge on any atom is -0.463 e. The number of hydrogen-bond donors (Lipinski definition) is 0. The van der Waals surface area contributed by atoms with E-state index in [1.54, 1.807) is 6.92 Å². The standard InChI is InChI=1S/C48H69F2N6O8P/c1-7-61-65(59,64-46(56-31-52-29-54-56)39(27-55-30-51-28-53-55)37-14-12-35(49)26-43(37)50)62-24-23-60-44(57)17-18-45(58)63-36-19-21-47(5)34(25-36)11-13-38-41-16-15-40(33(4)10-8-9-32(2)3)48(41,6)22-20-42(38)47/h11-12,14,26,28-33,36,38-42,46H,7-10,13,15-25,27H2,1-6H3/t33-,36+,38+,39?,40-,41+,42+,46?,47+,48-,65?/m1/s1. The predicted molar refractivity (Wildman–Crippen MR) is 238 cm³/mol. The van der Waals surface area contributed by atoms with Crippen LogP contribution in [0.5, 0.6) is 0 Å². The van der Waals surface area contributed by atoms with Crippen LogP contribution in [0, 0.1) is 58.0 Å². The Hall–Kier alpha value is -3.85. The summed E-state index contributed by atoms with van der Waals surface area (Å²) in [5.74, 6) is 0.771. The zero-order valence-electron chi connectivity index (χ0n) is 39.0. The number of carbonyl (C=O) groups excluding carboxylic acids is 2. The van der Waals surface area contributed by atoms with Gasteiger partial charge in [0, 0.05) is 12.5 Å². The van der Waals surface area contributed by atoms with Crippen molar-refractivity contribution in [2.45, 2.75) is 150 Å². The number of benzene rings is 1. The highest BCUT2D eigenvalue weighted by Crippen LogP contribution is 2.67. The lowest BCUT2D eigenvalue weighted by molar-refractivity contribution is -0.155. The summed E-state index contributed by atoms with van der Waals surface area (Å²) in [7, 11) is -4.46. The van der Waals surface area contributed by atoms with Gasteiger partial charge in [0.25, 0.3) is 0 Å². The van der Waals surface area contributed by atoms with Gasteiger partial charge in [0.15, 0.2) is 6.23 Å². The molecule has 2 aromatic heterocycles. The van der Waals surface area contributed by atoms with Crippen molar-refractivity contribution in [1.29, 1.82) is 0 Å². The summed E-state index contributed by atoms with van der Waals surface area (Å²) >= 11 is 0. The van der Waals surface area contributed by atoms with Gasteiger partial charge in [0.05, 0.1) is 38.5 Å². The van der Waals surface area contributed by atoms with Crippen LogP contribution >= 0.6 is 7.82 Å². The first-order chi connectivity index (χ1) is 31.1. The van der Waals surface area contributed by atoms with Gasteiger partial charge in [-0.15, -0.1) is 0 Å². The van der Waals surface area contributed by atoms with Gasteiger partial charge in [-0.2, -0.15) is 10.2 Å². The molecule has 0 saturated heterocycles. The minimum absolute atomic E-state index is 0.00524. The van der Waals surface area contributed by atoms with Gasteiger partial charge in [0.1, 0.15) is 49.7 Å². The predicted octanol–water partition coefficient (Wildman–Crippen LogP) is 10.6. The van der Waals surface area contributed by atoms with E-state index in [1.807, 2.05) is 0 Å². The van der Waals surface area contributed by atoms with Crippen molar-refractivity contribution < 1.29 is 46.0 Å². The van der Waals surface area contributed by atoms with E-state index in [0.29, 0.717) is 11.3 Å². The van der Waals surface area contributed by atoms with Crippen molar-refractivity contribution in [3.63, 3.8) is 0 Å². The summed E-state index contributed by atoms with van der Waals surface area (Å²) in [6.45, 7) is 13.0. The molecule has 14 nitrogen and oxygen atoms in total. The van der Waals surface area contributed by atoms with Crippen LogP contribution in [0.1, 0.15) is 143 Å². The number of esters is 2. The molecule has 11 atom stereocenters. The number of phosphoric ester groups is 1. The Bertz CT molecular complexity index is 2120. The Morgan fingerprint density at radius 2 is 1.71 bits per heavy atom. The van der Waals surface area contributed by atoms with Crippen LogP contribution in [0.25, 0.3) is 0 Å². The summed E-state index contributed by atoms with van der Waals surface area (Å²) in [4.78, 5) is 33.7. The number of allylic oxidation sites excluding steroid dienone is 1. The van der Waals surface area contributed by atoms with Crippen LogP contribution in [0.3, 0.4) is 0 Å². The fourth-order valence-corrected chi connectivity index (χ4v) is 13.6. The largest absolute Gasteiger partial charge is 0.476 e. The van der Waals surface area contributed by atoms with E-state index in [-0.39, 0.29) is 49.7 Å². The summed E-state index contributed by atoms with van der Waals surface area (Å²) in [6, 6.07) is 3.07. The van der Waals surface area contributed by atoms with Crippen LogP contribution in [-0.4, -0.2) is 67.4 Å². The highest BCUT2D eigenvalue weighted by atomic mass is 31.2. The minimum atomic E-state index is -4.46. The van der Waals surface area contributed by atoms with Gasteiger partial charge in [-0.25, -0.2) is 28.0 Å². The number of carbonyl (C=O) groups is 2. The third-order valence-electron chi connectivity index (χ3n) is 15.5. The molecule has 0 N–H and O–H groups in total. The van der Waals surface area contributed by atoms with E-state index >= 15 is 4.39 Å². The molecule has 0 radical (unpaired) electrons. The molecule has 0 spiro atoms. The van der Waals surface area contributed by atoms with Gasteiger partial charge in [-0.05, 0) is 110 Å². The first-order valence-electron chi connectivity index (χ1n) is 23.9. The maximum absolute atomic E-state index is 15.3. The third kappa shape index (κ3) is 11.5. The van der Waals surface area contributed by atoms with E-state index in [9.17, 15) is 18.5 Å². The Kier molecular flexibility index (Phi) is 16.2. The molecule has 17 heteroatoms. The van der Waals surface area contributed by atoms with Crippen molar-refractivity contribution in [2.75, 3.05) is 19.8 Å². The second kappa shape index (κ2) is 21.4. The molecule has 65 heavy (non-hydrogen) atoms. The number of halogens is 2. The van der Waals surface area contributed by atoms with Gasteiger partial charge in [-0.3, -0.25) is 27.8 Å². The van der Waals surface area contributed by atoms with Crippen molar-refractivity contribution in [3.8, 4) is 0 Å². The van der Waals surface area contributed by atoms with Crippen molar-refractivity contribution >= 4 is 19.8 Å². The number of ether oxygens (including phenoxy) is 2. The number of hydrogen-bond acceptors (Lipinski definition) is 12. The SMILES string of the molecule is CCOP(=O)(OCCOC(=O)CCC(=O)O[C@H]1CC[C@@]2(C)C(=CC[C@H]3[C@@H]4CC[C@H]([C@H](C)CCCC(C)C)[C@@]4(C)CC[C@@H]32)C1)OC(C(Cn1cncn1)c1ccc(F)cc1F)n1cncn1. The normalized spacial score (nSPS) is 28.6. The number of phosphoric acid groups is 1. The average molecular weight is 927 g/mol. The Labute approximate surface area is 382 Å². The molecule has 0 bridgehead atoms. The fraction of sp³-hybridized carbons (Fsp3) is 0.708. The molecule has 4 aliphatic rings. The fourth-order valence-electron chi connectivity index (χ4n) is 12.3. The number of rotatable bonds is 22. The maximum Gasteiger partial charge on any atom is 0.476 e. The number of aromatic nitrogens is 6. The zero-order valence-corrected chi connectivity index (χ0v) is 39.9. The number of fused-ring (bicyclic) bond motifs is 5. The molecule has 3 saturated carbocycles. The zero-order chi connectivity index (χ0) is 46.4. The summed E-state index contributed by atoms with van der Waals surface area (Å²) in [6.07, 6.45) is 18.8. The molecule has 7 rings (SSSR count). The second-order valence-corrected chi connectivity index (χ2v) is 21.4. The quantitative estimate of drug-likeness (QED) is 0.0407. The monoisotopic (exact) mass is 926 g/mol. The lowest BCUT2D eigenvalue weighted by atomic mass is 9.47. The molecule has 1 aromatic carbocycles. The Balaban J connectivity index is 0.880. The highest BCUT2D eigenvalue weighted by Gasteiger charge is 2.59. The van der Waals surface area contributed by atoms with Crippen LogP contribution in [-0.2, 0) is 43.7 Å². The van der Waals surface area contributed by atoms with E-state index in [0.717, 1.165) is 67.4 Å². The van der Waals surface area contributed by atoms with Crippen LogP contribution in [0.4, 0.5) is 8.78 Å². The van der Waals surface area contributed by atoms with E-state index < -0.39 is 50.1 Å². The third-order valence-corrected chi connectivity index (χ3v) is 17.0. The topological polar surface area (TPSA) is 159 Å².